The lowest BCUT2D eigenvalue weighted by Gasteiger charge is -2.38. The minimum Gasteiger partial charge on any atom is -0.402 e. The van der Waals surface area contributed by atoms with Gasteiger partial charge in [-0.05, 0) is 124 Å². The molecule has 1 saturated carbocycles. The minimum absolute atomic E-state index is 0.0327. The van der Waals surface area contributed by atoms with Gasteiger partial charge in [-0.25, -0.2) is 0 Å². The molecule has 40 heavy (non-hydrogen) atoms. The molecule has 1 fully saturated rings. The van der Waals surface area contributed by atoms with Crippen molar-refractivity contribution >= 4 is 8.32 Å². The van der Waals surface area contributed by atoms with Gasteiger partial charge < -0.3 is 4.43 Å². The lowest BCUT2D eigenvalue weighted by atomic mass is 9.69. The third-order valence-corrected chi connectivity index (χ3v) is 9.87. The van der Waals surface area contributed by atoms with E-state index in [1.165, 1.54) is 58.2 Å². The molecule has 0 bridgehead atoms. The maximum absolute atomic E-state index is 6.73. The fourth-order valence-corrected chi connectivity index (χ4v) is 8.02. The number of aromatic nitrogens is 1. The van der Waals surface area contributed by atoms with Gasteiger partial charge in [0, 0.05) is 28.9 Å². The van der Waals surface area contributed by atoms with Crippen molar-refractivity contribution in [3.8, 4) is 23.0 Å². The highest BCUT2D eigenvalue weighted by molar-refractivity contribution is 6.69. The molecule has 1 heterocycles. The van der Waals surface area contributed by atoms with Crippen molar-refractivity contribution in [3.63, 3.8) is 0 Å². The molecule has 212 valence electrons. The van der Waals surface area contributed by atoms with Crippen molar-refractivity contribution < 1.29 is 4.43 Å². The van der Waals surface area contributed by atoms with E-state index in [4.69, 9.17) is 4.43 Å². The second kappa shape index (κ2) is 12.5. The molecular formula is C37H49NOSi. The van der Waals surface area contributed by atoms with Gasteiger partial charge in [0.2, 0.25) is 0 Å². The zero-order chi connectivity index (χ0) is 29.0. The minimum atomic E-state index is -1.69. The van der Waals surface area contributed by atoms with Crippen LogP contribution in [0.5, 0.6) is 0 Å². The van der Waals surface area contributed by atoms with Crippen LogP contribution in [0.4, 0.5) is 0 Å². The van der Waals surface area contributed by atoms with Gasteiger partial charge in [0.15, 0.2) is 8.32 Å². The first-order valence-electron chi connectivity index (χ1n) is 15.4. The van der Waals surface area contributed by atoms with Crippen LogP contribution < -0.4 is 0 Å². The second-order valence-electron chi connectivity index (χ2n) is 12.8. The van der Waals surface area contributed by atoms with E-state index >= 15 is 0 Å². The van der Waals surface area contributed by atoms with Crippen LogP contribution in [0.2, 0.25) is 19.6 Å². The average Bonchev–Trinajstić information content (AvgIpc) is 2.93. The highest BCUT2D eigenvalue weighted by Crippen LogP contribution is 2.41. The van der Waals surface area contributed by atoms with Crippen LogP contribution in [0.3, 0.4) is 0 Å². The molecular weight excluding hydrogens is 502 g/mol. The third-order valence-electron chi connectivity index (χ3n) is 8.87. The van der Waals surface area contributed by atoms with Crippen LogP contribution in [0, 0.1) is 25.7 Å². The normalized spacial score (nSPS) is 15.4. The van der Waals surface area contributed by atoms with Crippen LogP contribution in [0.25, 0.3) is 11.1 Å². The van der Waals surface area contributed by atoms with Gasteiger partial charge in [0.25, 0.3) is 0 Å². The maximum Gasteiger partial charge on any atom is 0.185 e. The Morgan fingerprint density at radius 1 is 0.850 bits per heavy atom. The summed E-state index contributed by atoms with van der Waals surface area (Å²) in [5, 5.41) is 0. The highest BCUT2D eigenvalue weighted by Gasteiger charge is 2.36. The Labute approximate surface area is 245 Å². The van der Waals surface area contributed by atoms with Crippen molar-refractivity contribution in [1.29, 1.82) is 0 Å². The van der Waals surface area contributed by atoms with Gasteiger partial charge in [0.05, 0.1) is 0 Å². The standard InChI is InChI=1S/C37H49NOSi/c1-9-30-25-32(27-38-26-30)35-18-17-34(24-29(35)5)37(10-2,11-3)33-16-15-31(28(4)23-33)19-22-36(39-40(6,7)8)20-13-12-14-21-36/h15-18,23-27H,9-14,20-21H2,1-8H3. The van der Waals surface area contributed by atoms with E-state index < -0.39 is 8.32 Å². The lowest BCUT2D eigenvalue weighted by Crippen LogP contribution is -2.43. The van der Waals surface area contributed by atoms with Crippen LogP contribution in [0.15, 0.2) is 54.9 Å². The summed E-state index contributed by atoms with van der Waals surface area (Å²) in [5.41, 5.74) is 9.91. The number of benzene rings is 2. The lowest BCUT2D eigenvalue weighted by molar-refractivity contribution is 0.0796. The molecule has 1 aliphatic rings. The summed E-state index contributed by atoms with van der Waals surface area (Å²) in [5.74, 6) is 7.25. The Morgan fingerprint density at radius 3 is 2.08 bits per heavy atom. The number of hydrogen-bond acceptors (Lipinski definition) is 2. The van der Waals surface area contributed by atoms with Crippen molar-refractivity contribution in [2.24, 2.45) is 0 Å². The Morgan fingerprint density at radius 2 is 1.50 bits per heavy atom. The van der Waals surface area contributed by atoms with Crippen LogP contribution >= 0.6 is 0 Å². The Hall–Kier alpha value is -2.67. The molecule has 0 unspecified atom stereocenters. The fourth-order valence-electron chi connectivity index (χ4n) is 6.59. The molecule has 0 saturated heterocycles. The summed E-state index contributed by atoms with van der Waals surface area (Å²) in [6.45, 7) is 18.1. The zero-order valence-electron chi connectivity index (χ0n) is 26.2. The summed E-state index contributed by atoms with van der Waals surface area (Å²) >= 11 is 0. The van der Waals surface area contributed by atoms with Crippen molar-refractivity contribution in [1.82, 2.24) is 4.98 Å². The van der Waals surface area contributed by atoms with Gasteiger partial charge in [0.1, 0.15) is 5.60 Å². The van der Waals surface area contributed by atoms with Gasteiger partial charge in [-0.1, -0.05) is 69.4 Å². The number of nitrogens with zero attached hydrogens (tertiary/aromatic N) is 1. The molecule has 3 heteroatoms. The van der Waals surface area contributed by atoms with E-state index in [1.54, 1.807) is 0 Å². The summed E-state index contributed by atoms with van der Waals surface area (Å²) in [6.07, 6.45) is 12.9. The quantitative estimate of drug-likeness (QED) is 0.205. The van der Waals surface area contributed by atoms with Gasteiger partial charge in [-0.2, -0.15) is 0 Å². The fraction of sp³-hybridized carbons (Fsp3) is 0.486. The van der Waals surface area contributed by atoms with Crippen LogP contribution in [-0.4, -0.2) is 18.9 Å². The van der Waals surface area contributed by atoms with E-state index in [-0.39, 0.29) is 11.0 Å². The number of aryl methyl sites for hydroxylation is 3. The largest absolute Gasteiger partial charge is 0.402 e. The van der Waals surface area contributed by atoms with E-state index in [1.807, 2.05) is 12.4 Å². The first-order valence-corrected chi connectivity index (χ1v) is 18.9. The summed E-state index contributed by atoms with van der Waals surface area (Å²) < 4.78 is 6.73. The molecule has 2 aromatic carbocycles. The molecule has 4 rings (SSSR count). The zero-order valence-corrected chi connectivity index (χ0v) is 27.2. The van der Waals surface area contributed by atoms with E-state index in [9.17, 15) is 0 Å². The molecule has 2 nitrogen and oxygen atoms in total. The van der Waals surface area contributed by atoms with E-state index in [2.05, 4.69) is 114 Å². The van der Waals surface area contributed by atoms with Gasteiger partial charge >= 0.3 is 0 Å². The second-order valence-corrected chi connectivity index (χ2v) is 17.2. The monoisotopic (exact) mass is 551 g/mol. The first kappa shape index (κ1) is 30.3. The van der Waals surface area contributed by atoms with Crippen LogP contribution in [-0.2, 0) is 16.3 Å². The smallest absolute Gasteiger partial charge is 0.185 e. The molecule has 3 aromatic rings. The topological polar surface area (TPSA) is 22.1 Å². The highest BCUT2D eigenvalue weighted by atomic mass is 28.4. The van der Waals surface area contributed by atoms with Gasteiger partial charge in [-0.3, -0.25) is 4.98 Å². The summed E-state index contributed by atoms with van der Waals surface area (Å²) in [4.78, 5) is 4.49. The molecule has 1 aromatic heterocycles. The molecule has 0 aliphatic heterocycles. The number of pyridine rings is 1. The predicted octanol–water partition coefficient (Wildman–Crippen LogP) is 9.94. The summed E-state index contributed by atoms with van der Waals surface area (Å²) in [7, 11) is -1.69. The molecule has 0 spiro atoms. The average molecular weight is 552 g/mol. The number of hydrogen-bond donors (Lipinski definition) is 0. The Bertz CT molecular complexity index is 1380. The number of rotatable bonds is 8. The first-order chi connectivity index (χ1) is 19.0. The van der Waals surface area contributed by atoms with E-state index in [0.717, 1.165) is 37.7 Å². The Balaban J connectivity index is 1.68. The van der Waals surface area contributed by atoms with Crippen molar-refractivity contribution in [2.45, 2.75) is 117 Å². The molecule has 0 amide bonds. The van der Waals surface area contributed by atoms with Crippen molar-refractivity contribution in [3.05, 3.63) is 88.2 Å². The third kappa shape index (κ3) is 6.62. The summed E-state index contributed by atoms with van der Waals surface area (Å²) in [6, 6.07) is 16.3. The maximum atomic E-state index is 6.73. The predicted molar refractivity (Wildman–Crippen MR) is 173 cm³/mol. The molecule has 0 radical (unpaired) electrons. The van der Waals surface area contributed by atoms with Crippen molar-refractivity contribution in [2.75, 3.05) is 0 Å². The van der Waals surface area contributed by atoms with E-state index in [0.29, 0.717) is 0 Å². The molecule has 0 atom stereocenters. The van der Waals surface area contributed by atoms with Gasteiger partial charge in [-0.15, -0.1) is 0 Å². The molecule has 0 N–H and O–H groups in total. The SMILES string of the molecule is CCc1cncc(-c2ccc(C(CC)(CC)c3ccc(C#CC4(O[Si](C)(C)C)CCCCC4)c(C)c3)cc2C)c1. The molecule has 1 aliphatic carbocycles. The van der Waals surface area contributed by atoms with Crippen LogP contribution in [0.1, 0.15) is 99.1 Å². The Kier molecular flexibility index (Phi) is 9.43.